The zero-order chi connectivity index (χ0) is 21.1. The van der Waals surface area contributed by atoms with Crippen LogP contribution in [-0.4, -0.2) is 16.6 Å². The van der Waals surface area contributed by atoms with E-state index in [1.807, 2.05) is 0 Å². The zero-order valence-corrected chi connectivity index (χ0v) is 16.4. The van der Waals surface area contributed by atoms with Crippen LogP contribution in [0.4, 0.5) is 20.2 Å². The van der Waals surface area contributed by atoms with Crippen LogP contribution in [0.1, 0.15) is 16.7 Å². The van der Waals surface area contributed by atoms with Crippen LogP contribution < -0.4 is 16.6 Å². The van der Waals surface area contributed by atoms with Crippen molar-refractivity contribution in [2.45, 2.75) is 6.42 Å². The van der Waals surface area contributed by atoms with Gasteiger partial charge in [0.15, 0.2) is 0 Å². The molecule has 0 aliphatic rings. The molecule has 5 N–H and O–H groups in total. The molecule has 0 fully saturated rings. The van der Waals surface area contributed by atoms with Crippen molar-refractivity contribution in [3.63, 3.8) is 0 Å². The maximum atomic E-state index is 14.1. The predicted octanol–water partition coefficient (Wildman–Crippen LogP) is 3.60. The van der Waals surface area contributed by atoms with E-state index in [1.54, 1.807) is 24.3 Å². The van der Waals surface area contributed by atoms with Crippen LogP contribution in [0.15, 0.2) is 57.9 Å². The smallest absolute Gasteiger partial charge is 0.259 e. The number of H-pyrrole nitrogens is 1. The maximum absolute atomic E-state index is 14.1. The topological polar surface area (TPSA) is 112 Å². The average molecular weight is 461 g/mol. The molecule has 3 rings (SSSR count). The minimum atomic E-state index is -0.849. The van der Waals surface area contributed by atoms with Gasteiger partial charge in [0.1, 0.15) is 17.3 Å². The van der Waals surface area contributed by atoms with E-state index < -0.39 is 28.8 Å². The summed E-state index contributed by atoms with van der Waals surface area (Å²) in [6.45, 7) is 0. The van der Waals surface area contributed by atoms with Crippen molar-refractivity contribution in [2.75, 3.05) is 5.32 Å². The van der Waals surface area contributed by atoms with Crippen LogP contribution >= 0.6 is 15.9 Å². The molecule has 148 valence electrons. The summed E-state index contributed by atoms with van der Waals surface area (Å²) in [7, 11) is 0. The van der Waals surface area contributed by atoms with Crippen molar-refractivity contribution < 1.29 is 13.6 Å². The molecule has 0 radical (unpaired) electrons. The molecular formula is C20H15BrF2N4O2. The zero-order valence-electron chi connectivity index (χ0n) is 14.9. The minimum absolute atomic E-state index is 0.0263. The fourth-order valence-electron chi connectivity index (χ4n) is 2.79. The Labute approximate surface area is 172 Å². The highest BCUT2D eigenvalue weighted by molar-refractivity contribution is 9.10. The number of pyridine rings is 1. The van der Waals surface area contributed by atoms with Crippen LogP contribution in [-0.2, 0) is 11.2 Å². The van der Waals surface area contributed by atoms with E-state index in [4.69, 9.17) is 11.1 Å². The summed E-state index contributed by atoms with van der Waals surface area (Å²) < 4.78 is 28.5. The molecule has 0 atom stereocenters. The molecule has 1 heterocycles. The third-order valence-electron chi connectivity index (χ3n) is 4.10. The number of amides is 1. The quantitative estimate of drug-likeness (QED) is 0.421. The molecule has 29 heavy (non-hydrogen) atoms. The molecule has 0 aliphatic carbocycles. The molecule has 0 aliphatic heterocycles. The molecule has 0 spiro atoms. The fraction of sp³-hybridized carbons (Fsp3) is 0.0500. The number of nitrogens with one attached hydrogen (secondary N) is 3. The summed E-state index contributed by atoms with van der Waals surface area (Å²) in [5.74, 6) is -2.23. The number of carbonyl (C=O) groups excluding carboxylic acids is 1. The van der Waals surface area contributed by atoms with Crippen molar-refractivity contribution in [1.82, 2.24) is 4.98 Å². The second-order valence-electron chi connectivity index (χ2n) is 6.16. The second kappa shape index (κ2) is 8.36. The average Bonchev–Trinajstić information content (AvgIpc) is 2.66. The monoisotopic (exact) mass is 460 g/mol. The van der Waals surface area contributed by atoms with Gasteiger partial charge in [-0.2, -0.15) is 0 Å². The Bertz CT molecular complexity index is 1160. The van der Waals surface area contributed by atoms with Crippen LogP contribution in [0.2, 0.25) is 0 Å². The Hall–Kier alpha value is -3.33. The van der Waals surface area contributed by atoms with E-state index in [-0.39, 0.29) is 23.4 Å². The SMILES string of the molecule is N=C(c1cccc(CC(N)=O)c1)c1c(Nc2c(F)cccc2F)c(Br)c[nH]c1=O. The number of benzene rings is 2. The van der Waals surface area contributed by atoms with Gasteiger partial charge in [-0.3, -0.25) is 15.0 Å². The Morgan fingerprint density at radius 2 is 1.79 bits per heavy atom. The Morgan fingerprint density at radius 1 is 1.14 bits per heavy atom. The lowest BCUT2D eigenvalue weighted by molar-refractivity contribution is -0.117. The molecule has 0 saturated heterocycles. The number of primary amides is 1. The largest absolute Gasteiger partial charge is 0.369 e. The lowest BCUT2D eigenvalue weighted by Crippen LogP contribution is -2.21. The molecule has 1 aromatic heterocycles. The number of anilines is 2. The lowest BCUT2D eigenvalue weighted by Gasteiger charge is -2.15. The number of para-hydroxylation sites is 1. The first-order chi connectivity index (χ1) is 13.8. The minimum Gasteiger partial charge on any atom is -0.369 e. The third kappa shape index (κ3) is 4.40. The maximum Gasteiger partial charge on any atom is 0.259 e. The van der Waals surface area contributed by atoms with E-state index >= 15 is 0 Å². The van der Waals surface area contributed by atoms with E-state index in [0.29, 0.717) is 15.6 Å². The summed E-state index contributed by atoms with van der Waals surface area (Å²) >= 11 is 3.24. The molecule has 9 heteroatoms. The molecule has 3 aromatic rings. The van der Waals surface area contributed by atoms with Gasteiger partial charge in [0.2, 0.25) is 5.91 Å². The standard InChI is InChI=1S/C20H15BrF2N4O2/c21-12-9-26-20(29)16(18(12)27-19-13(22)5-2-6-14(19)23)17(25)11-4-1-3-10(7-11)8-15(24)28/h1-7,9,25H,8H2,(H2,24,28)(H2,26,27,29). The highest BCUT2D eigenvalue weighted by Crippen LogP contribution is 2.31. The van der Waals surface area contributed by atoms with E-state index in [2.05, 4.69) is 26.2 Å². The van der Waals surface area contributed by atoms with Gasteiger partial charge in [-0.25, -0.2) is 8.78 Å². The van der Waals surface area contributed by atoms with Gasteiger partial charge >= 0.3 is 0 Å². The number of carbonyl (C=O) groups is 1. The highest BCUT2D eigenvalue weighted by atomic mass is 79.9. The number of aromatic amines is 1. The van der Waals surface area contributed by atoms with Crippen molar-refractivity contribution in [3.8, 4) is 0 Å². The van der Waals surface area contributed by atoms with Gasteiger partial charge in [0, 0.05) is 11.8 Å². The molecule has 1 amide bonds. The van der Waals surface area contributed by atoms with Crippen molar-refractivity contribution in [1.29, 1.82) is 5.41 Å². The lowest BCUT2D eigenvalue weighted by atomic mass is 9.99. The van der Waals surface area contributed by atoms with Crippen molar-refractivity contribution in [3.05, 3.63) is 91.8 Å². The molecular weight excluding hydrogens is 446 g/mol. The van der Waals surface area contributed by atoms with Gasteiger partial charge in [-0.1, -0.05) is 24.3 Å². The number of hydrogen-bond donors (Lipinski definition) is 4. The Morgan fingerprint density at radius 3 is 2.45 bits per heavy atom. The van der Waals surface area contributed by atoms with Crippen LogP contribution in [0.25, 0.3) is 0 Å². The first-order valence-electron chi connectivity index (χ1n) is 8.36. The number of halogens is 3. The van der Waals surface area contributed by atoms with Gasteiger partial charge in [0.25, 0.3) is 5.56 Å². The summed E-state index contributed by atoms with van der Waals surface area (Å²) in [6.07, 6.45) is 1.28. The van der Waals surface area contributed by atoms with Crippen LogP contribution in [0.5, 0.6) is 0 Å². The molecule has 2 aromatic carbocycles. The van der Waals surface area contributed by atoms with Crippen molar-refractivity contribution in [2.24, 2.45) is 5.73 Å². The number of aromatic nitrogens is 1. The fourth-order valence-corrected chi connectivity index (χ4v) is 3.20. The number of rotatable bonds is 6. The first-order valence-corrected chi connectivity index (χ1v) is 9.16. The van der Waals surface area contributed by atoms with Gasteiger partial charge in [0.05, 0.1) is 27.9 Å². The molecule has 6 nitrogen and oxygen atoms in total. The summed E-state index contributed by atoms with van der Waals surface area (Å²) in [5, 5.41) is 11.1. The van der Waals surface area contributed by atoms with Crippen LogP contribution in [0, 0.1) is 17.0 Å². The van der Waals surface area contributed by atoms with E-state index in [0.717, 1.165) is 12.1 Å². The summed E-state index contributed by atoms with van der Waals surface area (Å²) in [6, 6.07) is 9.80. The summed E-state index contributed by atoms with van der Waals surface area (Å²) in [4.78, 5) is 26.2. The highest BCUT2D eigenvalue weighted by Gasteiger charge is 2.20. The summed E-state index contributed by atoms with van der Waals surface area (Å²) in [5.41, 5.74) is 4.75. The first kappa shape index (κ1) is 20.4. The second-order valence-corrected chi connectivity index (χ2v) is 7.01. The van der Waals surface area contributed by atoms with E-state index in [1.165, 1.54) is 12.3 Å². The van der Waals surface area contributed by atoms with Gasteiger partial charge < -0.3 is 16.0 Å². The van der Waals surface area contributed by atoms with Crippen LogP contribution in [0.3, 0.4) is 0 Å². The van der Waals surface area contributed by atoms with E-state index in [9.17, 15) is 18.4 Å². The third-order valence-corrected chi connectivity index (χ3v) is 4.73. The molecule has 0 saturated carbocycles. The molecule has 0 bridgehead atoms. The molecule has 0 unspecified atom stereocenters. The Kier molecular flexibility index (Phi) is 5.88. The van der Waals surface area contributed by atoms with Crippen molar-refractivity contribution >= 4 is 38.9 Å². The van der Waals surface area contributed by atoms with Gasteiger partial charge in [-0.05, 0) is 39.7 Å². The number of nitrogens with two attached hydrogens (primary N) is 1. The van der Waals surface area contributed by atoms with Gasteiger partial charge in [-0.15, -0.1) is 0 Å². The predicted molar refractivity (Wildman–Crippen MR) is 110 cm³/mol. The number of hydrogen-bond acceptors (Lipinski definition) is 4. The normalized spacial score (nSPS) is 10.6. The Balaban J connectivity index is 2.11.